The minimum Gasteiger partial charge on any atom is -0.493 e. The van der Waals surface area contributed by atoms with Crippen molar-refractivity contribution in [2.75, 3.05) is 20.7 Å². The summed E-state index contributed by atoms with van der Waals surface area (Å²) in [6.07, 6.45) is 1.36. The molecule has 3 heteroatoms. The number of aryl methyl sites for hydroxylation is 1. The number of nitrogens with zero attached hydrogens (tertiary/aromatic N) is 1. The van der Waals surface area contributed by atoms with Crippen LogP contribution in [0.4, 0.5) is 0 Å². The molecule has 0 fully saturated rings. The van der Waals surface area contributed by atoms with Crippen LogP contribution in [-0.4, -0.2) is 31.5 Å². The van der Waals surface area contributed by atoms with E-state index in [0.29, 0.717) is 13.0 Å². The minimum absolute atomic E-state index is 0.0916. The lowest BCUT2D eigenvalue weighted by atomic mass is 10.1. The minimum atomic E-state index is 0.0916. The zero-order valence-corrected chi connectivity index (χ0v) is 10.2. The van der Waals surface area contributed by atoms with Crippen LogP contribution in [-0.2, 0) is 11.2 Å². The summed E-state index contributed by atoms with van der Waals surface area (Å²) < 4.78 is 5.60. The maximum atomic E-state index is 11.3. The van der Waals surface area contributed by atoms with Crippen LogP contribution in [0, 0.1) is 0 Å². The molecule has 0 radical (unpaired) electrons. The van der Waals surface area contributed by atoms with E-state index in [9.17, 15) is 4.79 Å². The molecule has 0 aliphatic carbocycles. The summed E-state index contributed by atoms with van der Waals surface area (Å²) in [6, 6.07) is 7.93. The number of hydrogen-bond donors (Lipinski definition) is 0. The van der Waals surface area contributed by atoms with Crippen molar-refractivity contribution in [2.45, 2.75) is 19.8 Å². The van der Waals surface area contributed by atoms with Crippen molar-refractivity contribution < 1.29 is 9.53 Å². The topological polar surface area (TPSA) is 29.5 Å². The van der Waals surface area contributed by atoms with Gasteiger partial charge in [0.15, 0.2) is 0 Å². The molecule has 88 valence electrons. The average Bonchev–Trinajstić information content (AvgIpc) is 2.29. The predicted octanol–water partition coefficient (Wildman–Crippen LogP) is 2.11. The number of para-hydroxylation sites is 1. The Hall–Kier alpha value is -1.51. The van der Waals surface area contributed by atoms with Gasteiger partial charge in [0.25, 0.3) is 0 Å². The van der Waals surface area contributed by atoms with Crippen molar-refractivity contribution in [1.29, 1.82) is 0 Å². The van der Waals surface area contributed by atoms with Gasteiger partial charge < -0.3 is 9.64 Å². The summed E-state index contributed by atoms with van der Waals surface area (Å²) in [4.78, 5) is 12.9. The molecule has 0 atom stereocenters. The third kappa shape index (κ3) is 3.57. The van der Waals surface area contributed by atoms with Gasteiger partial charge in [-0.1, -0.05) is 25.1 Å². The molecule has 0 saturated carbocycles. The number of rotatable bonds is 5. The van der Waals surface area contributed by atoms with Gasteiger partial charge in [-0.25, -0.2) is 0 Å². The summed E-state index contributed by atoms with van der Waals surface area (Å²) in [5.74, 6) is 0.977. The van der Waals surface area contributed by atoms with E-state index in [2.05, 4.69) is 6.92 Å². The molecule has 1 amide bonds. The smallest absolute Gasteiger partial charge is 0.225 e. The first-order valence-corrected chi connectivity index (χ1v) is 5.56. The SMILES string of the molecule is CCc1ccccc1OCCC(=O)N(C)C. The van der Waals surface area contributed by atoms with Crippen molar-refractivity contribution >= 4 is 5.91 Å². The summed E-state index contributed by atoms with van der Waals surface area (Å²) in [6.45, 7) is 2.53. The zero-order chi connectivity index (χ0) is 12.0. The number of carbonyl (C=O) groups is 1. The molecule has 1 rings (SSSR count). The molecule has 0 saturated heterocycles. The Morgan fingerprint density at radius 3 is 2.62 bits per heavy atom. The predicted molar refractivity (Wildman–Crippen MR) is 64.6 cm³/mol. The zero-order valence-electron chi connectivity index (χ0n) is 10.2. The standard InChI is InChI=1S/C13H19NO2/c1-4-11-7-5-6-8-12(11)16-10-9-13(15)14(2)3/h5-8H,4,9-10H2,1-3H3. The van der Waals surface area contributed by atoms with Crippen LogP contribution in [0.2, 0.25) is 0 Å². The highest BCUT2D eigenvalue weighted by atomic mass is 16.5. The molecule has 1 aromatic rings. The van der Waals surface area contributed by atoms with Gasteiger partial charge in [0.05, 0.1) is 13.0 Å². The van der Waals surface area contributed by atoms with E-state index in [1.54, 1.807) is 19.0 Å². The molecule has 0 spiro atoms. The summed E-state index contributed by atoms with van der Waals surface area (Å²) in [5, 5.41) is 0. The van der Waals surface area contributed by atoms with E-state index in [1.807, 2.05) is 24.3 Å². The molecule has 0 heterocycles. The Labute approximate surface area is 97.0 Å². The normalized spacial score (nSPS) is 9.94. The van der Waals surface area contributed by atoms with E-state index in [1.165, 1.54) is 5.56 Å². The second-order valence-corrected chi connectivity index (χ2v) is 3.85. The highest BCUT2D eigenvalue weighted by Gasteiger charge is 2.05. The van der Waals surface area contributed by atoms with E-state index in [0.717, 1.165) is 12.2 Å². The fraction of sp³-hybridized carbons (Fsp3) is 0.462. The molecule has 0 aliphatic heterocycles. The van der Waals surface area contributed by atoms with Crippen LogP contribution in [0.5, 0.6) is 5.75 Å². The van der Waals surface area contributed by atoms with Crippen molar-refractivity contribution in [3.63, 3.8) is 0 Å². The third-order valence-electron chi connectivity index (χ3n) is 2.43. The molecule has 3 nitrogen and oxygen atoms in total. The van der Waals surface area contributed by atoms with Crippen LogP contribution in [0.15, 0.2) is 24.3 Å². The molecular formula is C13H19NO2. The lowest BCUT2D eigenvalue weighted by molar-refractivity contribution is -0.129. The lowest BCUT2D eigenvalue weighted by Crippen LogP contribution is -2.23. The fourth-order valence-electron chi connectivity index (χ4n) is 1.41. The highest BCUT2D eigenvalue weighted by molar-refractivity contribution is 5.75. The molecule has 1 aromatic carbocycles. The Morgan fingerprint density at radius 1 is 1.31 bits per heavy atom. The first kappa shape index (κ1) is 12.6. The van der Waals surface area contributed by atoms with Crippen LogP contribution in [0.25, 0.3) is 0 Å². The number of amides is 1. The third-order valence-corrected chi connectivity index (χ3v) is 2.43. The van der Waals surface area contributed by atoms with E-state index in [-0.39, 0.29) is 5.91 Å². The van der Waals surface area contributed by atoms with Gasteiger partial charge in [-0.3, -0.25) is 4.79 Å². The lowest BCUT2D eigenvalue weighted by Gasteiger charge is -2.12. The van der Waals surface area contributed by atoms with Crippen LogP contribution in [0.3, 0.4) is 0 Å². The van der Waals surface area contributed by atoms with E-state index < -0.39 is 0 Å². The van der Waals surface area contributed by atoms with Crippen molar-refractivity contribution in [3.05, 3.63) is 29.8 Å². The maximum absolute atomic E-state index is 11.3. The first-order chi connectivity index (χ1) is 7.65. The number of ether oxygens (including phenoxy) is 1. The summed E-state index contributed by atoms with van der Waals surface area (Å²) in [5.41, 5.74) is 1.18. The Balaban J connectivity index is 2.45. The molecule has 0 aromatic heterocycles. The maximum Gasteiger partial charge on any atom is 0.225 e. The highest BCUT2D eigenvalue weighted by Crippen LogP contribution is 2.18. The summed E-state index contributed by atoms with van der Waals surface area (Å²) in [7, 11) is 3.50. The van der Waals surface area contributed by atoms with Gasteiger partial charge in [0.2, 0.25) is 5.91 Å². The monoisotopic (exact) mass is 221 g/mol. The van der Waals surface area contributed by atoms with Crippen molar-refractivity contribution in [3.8, 4) is 5.75 Å². The Bertz CT molecular complexity index is 348. The van der Waals surface area contributed by atoms with Gasteiger partial charge in [-0.15, -0.1) is 0 Å². The second kappa shape index (κ2) is 6.16. The van der Waals surface area contributed by atoms with E-state index >= 15 is 0 Å². The molecule has 0 N–H and O–H groups in total. The largest absolute Gasteiger partial charge is 0.493 e. The van der Waals surface area contributed by atoms with Gasteiger partial charge in [-0.2, -0.15) is 0 Å². The summed E-state index contributed by atoms with van der Waals surface area (Å²) >= 11 is 0. The Kier molecular flexibility index (Phi) is 4.83. The van der Waals surface area contributed by atoms with Gasteiger partial charge in [-0.05, 0) is 18.1 Å². The van der Waals surface area contributed by atoms with Crippen LogP contribution >= 0.6 is 0 Å². The quantitative estimate of drug-likeness (QED) is 0.762. The van der Waals surface area contributed by atoms with Crippen molar-refractivity contribution in [1.82, 2.24) is 4.90 Å². The molecule has 0 unspecified atom stereocenters. The number of hydrogen-bond acceptors (Lipinski definition) is 2. The van der Waals surface area contributed by atoms with E-state index in [4.69, 9.17) is 4.74 Å². The fourth-order valence-corrected chi connectivity index (χ4v) is 1.41. The average molecular weight is 221 g/mol. The first-order valence-electron chi connectivity index (χ1n) is 5.56. The molecule has 16 heavy (non-hydrogen) atoms. The van der Waals surface area contributed by atoms with Crippen LogP contribution < -0.4 is 4.74 Å². The molecule has 0 bridgehead atoms. The van der Waals surface area contributed by atoms with Gasteiger partial charge in [0.1, 0.15) is 5.75 Å². The van der Waals surface area contributed by atoms with Gasteiger partial charge in [0, 0.05) is 14.1 Å². The van der Waals surface area contributed by atoms with Crippen molar-refractivity contribution in [2.24, 2.45) is 0 Å². The number of carbonyl (C=O) groups excluding carboxylic acids is 1. The molecule has 0 aliphatic rings. The molecular weight excluding hydrogens is 202 g/mol. The number of benzene rings is 1. The second-order valence-electron chi connectivity index (χ2n) is 3.85. The van der Waals surface area contributed by atoms with Gasteiger partial charge >= 0.3 is 0 Å². The van der Waals surface area contributed by atoms with Crippen LogP contribution in [0.1, 0.15) is 18.9 Å². The Morgan fingerprint density at radius 2 is 2.00 bits per heavy atom.